The van der Waals surface area contributed by atoms with Crippen LogP contribution in [0.25, 0.3) is 0 Å². The Kier molecular flexibility index (Phi) is 4.90. The zero-order chi connectivity index (χ0) is 13.6. The largest absolute Gasteiger partial charge is 0.394 e. The van der Waals surface area contributed by atoms with Crippen LogP contribution >= 0.6 is 0 Å². The molecule has 0 bridgehead atoms. The number of benzene rings is 1. The minimum atomic E-state index is -2.29. The fourth-order valence-corrected chi connectivity index (χ4v) is 4.93. The van der Waals surface area contributed by atoms with Gasteiger partial charge in [0.15, 0.2) is 0 Å². The van der Waals surface area contributed by atoms with Crippen molar-refractivity contribution in [2.24, 2.45) is 0 Å². The summed E-state index contributed by atoms with van der Waals surface area (Å²) in [5, 5.41) is 1.19. The molecule has 0 aliphatic heterocycles. The van der Waals surface area contributed by atoms with Crippen molar-refractivity contribution in [3.8, 4) is 0 Å². The Balaban J connectivity index is 2.03. The summed E-state index contributed by atoms with van der Waals surface area (Å²) in [5.41, 5.74) is 0. The van der Waals surface area contributed by atoms with E-state index in [4.69, 9.17) is 8.85 Å². The average molecular weight is 276 g/mol. The third-order valence-electron chi connectivity index (χ3n) is 3.35. The van der Waals surface area contributed by atoms with Crippen molar-refractivity contribution in [2.45, 2.75) is 19.0 Å². The molecule has 2 rings (SSSR count). The maximum absolute atomic E-state index is 5.78. The second-order valence-corrected chi connectivity index (χ2v) is 7.83. The average Bonchev–Trinajstić information content (AvgIpc) is 2.98. The maximum atomic E-state index is 5.78. The van der Waals surface area contributed by atoms with Crippen LogP contribution in [-0.2, 0) is 15.4 Å². The number of nitrogens with zero attached hydrogens (tertiary/aromatic N) is 2. The molecule has 0 aliphatic rings. The molecular weight excluding hydrogens is 256 g/mol. The first kappa shape index (κ1) is 14.0. The fourth-order valence-electron chi connectivity index (χ4n) is 2.27. The maximum Gasteiger partial charge on any atom is 0.372 e. The van der Waals surface area contributed by atoms with E-state index in [9.17, 15) is 0 Å². The predicted octanol–water partition coefficient (Wildman–Crippen LogP) is 1.92. The number of aryl methyl sites for hydroxylation is 1. The zero-order valence-corrected chi connectivity index (χ0v) is 12.5. The third kappa shape index (κ3) is 3.31. The van der Waals surface area contributed by atoms with E-state index in [1.54, 1.807) is 20.4 Å². The van der Waals surface area contributed by atoms with Gasteiger partial charge in [-0.1, -0.05) is 30.3 Å². The molecule has 0 atom stereocenters. The highest BCUT2D eigenvalue weighted by atomic mass is 28.4. The summed E-state index contributed by atoms with van der Waals surface area (Å²) < 4.78 is 13.6. The predicted molar refractivity (Wildman–Crippen MR) is 77.5 cm³/mol. The second-order valence-electron chi connectivity index (χ2n) is 4.43. The minimum absolute atomic E-state index is 0.933. The Labute approximate surface area is 115 Å². The lowest BCUT2D eigenvalue weighted by Crippen LogP contribution is -2.52. The first-order valence-electron chi connectivity index (χ1n) is 6.42. The number of rotatable bonds is 7. The van der Waals surface area contributed by atoms with Gasteiger partial charge in [-0.25, -0.2) is 4.98 Å². The molecule has 0 saturated carbocycles. The highest BCUT2D eigenvalue weighted by Crippen LogP contribution is 2.15. The van der Waals surface area contributed by atoms with Gasteiger partial charge < -0.3 is 13.4 Å². The fraction of sp³-hybridized carbons (Fsp3) is 0.357. The molecule has 1 aromatic carbocycles. The molecule has 5 heteroatoms. The summed E-state index contributed by atoms with van der Waals surface area (Å²) >= 11 is 0. The van der Waals surface area contributed by atoms with E-state index in [1.165, 1.54) is 5.19 Å². The number of hydrogen-bond acceptors (Lipinski definition) is 3. The quantitative estimate of drug-likeness (QED) is 0.725. The topological polar surface area (TPSA) is 36.3 Å². The van der Waals surface area contributed by atoms with Gasteiger partial charge in [0.25, 0.3) is 0 Å². The molecule has 4 nitrogen and oxygen atoms in total. The minimum Gasteiger partial charge on any atom is -0.394 e. The van der Waals surface area contributed by atoms with Crippen molar-refractivity contribution in [1.29, 1.82) is 0 Å². The lowest BCUT2D eigenvalue weighted by Gasteiger charge is -2.27. The van der Waals surface area contributed by atoms with Gasteiger partial charge in [0.05, 0.1) is 6.33 Å². The van der Waals surface area contributed by atoms with Gasteiger partial charge in [-0.2, -0.15) is 0 Å². The van der Waals surface area contributed by atoms with Crippen molar-refractivity contribution in [3.63, 3.8) is 0 Å². The normalized spacial score (nSPS) is 11.7. The Morgan fingerprint density at radius 2 is 1.89 bits per heavy atom. The van der Waals surface area contributed by atoms with E-state index in [0.717, 1.165) is 19.0 Å². The van der Waals surface area contributed by atoms with Gasteiger partial charge in [-0.05, 0) is 17.7 Å². The molecule has 0 spiro atoms. The standard InChI is InChI=1S/C14H20N2O2Si/c1-17-19(18-2,14-7-4-3-5-8-14)12-6-10-16-11-9-15-13-16/h3-5,7-9,11,13H,6,10,12H2,1-2H3. The zero-order valence-electron chi connectivity index (χ0n) is 11.5. The van der Waals surface area contributed by atoms with E-state index in [1.807, 2.05) is 30.7 Å². The Morgan fingerprint density at radius 1 is 1.16 bits per heavy atom. The van der Waals surface area contributed by atoms with Crippen molar-refractivity contribution in [1.82, 2.24) is 9.55 Å². The first-order valence-corrected chi connectivity index (χ1v) is 8.44. The van der Waals surface area contributed by atoms with E-state index >= 15 is 0 Å². The summed E-state index contributed by atoms with van der Waals surface area (Å²) in [6.45, 7) is 0.939. The summed E-state index contributed by atoms with van der Waals surface area (Å²) in [6.07, 6.45) is 6.63. The van der Waals surface area contributed by atoms with Crippen LogP contribution < -0.4 is 5.19 Å². The van der Waals surface area contributed by atoms with Crippen LogP contribution in [0.5, 0.6) is 0 Å². The summed E-state index contributed by atoms with van der Waals surface area (Å²) in [4.78, 5) is 4.05. The summed E-state index contributed by atoms with van der Waals surface area (Å²) in [6, 6.07) is 11.2. The smallest absolute Gasteiger partial charge is 0.372 e. The SMILES string of the molecule is CO[Si](CCCn1ccnc1)(OC)c1ccccc1. The molecule has 1 heterocycles. The van der Waals surface area contributed by atoms with Gasteiger partial charge in [0.2, 0.25) is 0 Å². The van der Waals surface area contributed by atoms with Crippen molar-refractivity contribution in [3.05, 3.63) is 49.1 Å². The van der Waals surface area contributed by atoms with Crippen LogP contribution in [-0.4, -0.2) is 32.3 Å². The first-order chi connectivity index (χ1) is 9.30. The highest BCUT2D eigenvalue weighted by Gasteiger charge is 2.37. The van der Waals surface area contributed by atoms with Crippen molar-refractivity contribution < 1.29 is 8.85 Å². The van der Waals surface area contributed by atoms with Gasteiger partial charge >= 0.3 is 8.56 Å². The van der Waals surface area contributed by atoms with Crippen LogP contribution in [0.3, 0.4) is 0 Å². The monoisotopic (exact) mass is 276 g/mol. The molecule has 0 fully saturated rings. The second kappa shape index (κ2) is 6.65. The van der Waals surface area contributed by atoms with Crippen LogP contribution in [0.2, 0.25) is 6.04 Å². The Bertz CT molecular complexity index is 469. The molecule has 0 radical (unpaired) electrons. The summed E-state index contributed by atoms with van der Waals surface area (Å²) in [7, 11) is 1.21. The van der Waals surface area contributed by atoms with Gasteiger partial charge in [-0.3, -0.25) is 0 Å². The highest BCUT2D eigenvalue weighted by molar-refractivity contribution is 6.81. The van der Waals surface area contributed by atoms with Crippen molar-refractivity contribution in [2.75, 3.05) is 14.2 Å². The third-order valence-corrected chi connectivity index (χ3v) is 6.90. The molecule has 0 N–H and O–H groups in total. The van der Waals surface area contributed by atoms with Gasteiger partial charge in [0.1, 0.15) is 0 Å². The van der Waals surface area contributed by atoms with E-state index in [2.05, 4.69) is 21.7 Å². The van der Waals surface area contributed by atoms with Crippen LogP contribution in [0, 0.1) is 0 Å². The molecule has 102 valence electrons. The molecule has 0 unspecified atom stereocenters. The number of hydrogen-bond donors (Lipinski definition) is 0. The van der Waals surface area contributed by atoms with E-state index in [0.29, 0.717) is 0 Å². The lowest BCUT2D eigenvalue weighted by molar-refractivity contribution is 0.255. The summed E-state index contributed by atoms with van der Waals surface area (Å²) in [5.74, 6) is 0. The molecular formula is C14H20N2O2Si. The van der Waals surface area contributed by atoms with Gasteiger partial charge in [-0.15, -0.1) is 0 Å². The molecule has 1 aromatic heterocycles. The molecule has 0 saturated heterocycles. The van der Waals surface area contributed by atoms with Crippen LogP contribution in [0.1, 0.15) is 6.42 Å². The molecule has 2 aromatic rings. The molecule has 19 heavy (non-hydrogen) atoms. The van der Waals surface area contributed by atoms with Crippen LogP contribution in [0.4, 0.5) is 0 Å². The van der Waals surface area contributed by atoms with Gasteiger partial charge in [0, 0.05) is 33.2 Å². The van der Waals surface area contributed by atoms with E-state index < -0.39 is 8.56 Å². The van der Waals surface area contributed by atoms with Crippen molar-refractivity contribution >= 4 is 13.7 Å². The lowest BCUT2D eigenvalue weighted by atomic mass is 10.4. The Hall–Kier alpha value is -1.43. The number of aromatic nitrogens is 2. The van der Waals surface area contributed by atoms with E-state index in [-0.39, 0.29) is 0 Å². The van der Waals surface area contributed by atoms with Crippen LogP contribution in [0.15, 0.2) is 49.1 Å². The molecule has 0 amide bonds. The number of imidazole rings is 1. The Morgan fingerprint density at radius 3 is 2.47 bits per heavy atom. The molecule has 0 aliphatic carbocycles.